The molecule has 0 heterocycles. The number of aryl methyl sites for hydroxylation is 1. The van der Waals surface area contributed by atoms with E-state index in [0.29, 0.717) is 0 Å². The molecule has 0 saturated heterocycles. The molecule has 0 aliphatic carbocycles. The molecule has 0 fully saturated rings. The van der Waals surface area contributed by atoms with Gasteiger partial charge in [-0.1, -0.05) is 97.4 Å². The largest absolute Gasteiger partial charge is 0.0622 e. The minimum atomic E-state index is 0.0951. The molecule has 0 aliphatic heterocycles. The van der Waals surface area contributed by atoms with Crippen LogP contribution in [-0.4, -0.2) is 0 Å². The van der Waals surface area contributed by atoms with Gasteiger partial charge in [0, 0.05) is 5.41 Å². The van der Waals surface area contributed by atoms with Gasteiger partial charge in [0.15, 0.2) is 0 Å². The molecule has 0 amide bonds. The van der Waals surface area contributed by atoms with Crippen molar-refractivity contribution in [3.05, 3.63) is 107 Å². The summed E-state index contributed by atoms with van der Waals surface area (Å²) in [6.45, 7) is 4.53. The molecule has 3 rings (SSSR count). The number of hydrogen-bond donors (Lipinski definition) is 0. The molecule has 1 atom stereocenters. The first-order chi connectivity index (χ1) is 11.2. The molecule has 116 valence electrons. The summed E-state index contributed by atoms with van der Waals surface area (Å²) in [5.41, 5.74) is 5.62. The van der Waals surface area contributed by atoms with Crippen LogP contribution in [0.2, 0.25) is 0 Å². The zero-order valence-electron chi connectivity index (χ0n) is 14.0. The van der Waals surface area contributed by atoms with Gasteiger partial charge in [-0.2, -0.15) is 0 Å². The topological polar surface area (TPSA) is 0 Å². The maximum absolute atomic E-state index is 2.38. The van der Waals surface area contributed by atoms with E-state index in [1.807, 2.05) is 0 Å². The van der Waals surface area contributed by atoms with Crippen molar-refractivity contribution in [2.24, 2.45) is 0 Å². The van der Waals surface area contributed by atoms with E-state index in [1.165, 1.54) is 22.3 Å². The van der Waals surface area contributed by atoms with Crippen molar-refractivity contribution < 1.29 is 0 Å². The first-order valence-corrected chi connectivity index (χ1v) is 8.31. The number of hydrogen-bond acceptors (Lipinski definition) is 0. The molecule has 0 radical (unpaired) electrons. The molecule has 0 heteroatoms. The van der Waals surface area contributed by atoms with Crippen molar-refractivity contribution in [2.45, 2.75) is 32.1 Å². The lowest BCUT2D eigenvalue weighted by Crippen LogP contribution is -2.28. The van der Waals surface area contributed by atoms with E-state index in [-0.39, 0.29) is 5.41 Å². The second-order valence-corrected chi connectivity index (χ2v) is 6.75. The minimum Gasteiger partial charge on any atom is -0.0622 e. The molecule has 0 nitrogen and oxygen atoms in total. The van der Waals surface area contributed by atoms with E-state index in [1.54, 1.807) is 0 Å². The van der Waals surface area contributed by atoms with Crippen LogP contribution in [0.25, 0.3) is 0 Å². The van der Waals surface area contributed by atoms with Gasteiger partial charge >= 0.3 is 0 Å². The van der Waals surface area contributed by atoms with Crippen molar-refractivity contribution in [2.75, 3.05) is 0 Å². The van der Waals surface area contributed by atoms with Crippen molar-refractivity contribution in [1.29, 1.82) is 0 Å². The van der Waals surface area contributed by atoms with E-state index >= 15 is 0 Å². The van der Waals surface area contributed by atoms with Crippen LogP contribution in [-0.2, 0) is 18.3 Å². The highest BCUT2D eigenvalue weighted by molar-refractivity contribution is 5.33. The highest BCUT2D eigenvalue weighted by Crippen LogP contribution is 2.32. The molecule has 0 N–H and O–H groups in total. The third-order valence-corrected chi connectivity index (χ3v) is 4.62. The van der Waals surface area contributed by atoms with Crippen LogP contribution in [0, 0.1) is 6.92 Å². The third-order valence-electron chi connectivity index (χ3n) is 4.62. The van der Waals surface area contributed by atoms with E-state index in [4.69, 9.17) is 0 Å². The first-order valence-electron chi connectivity index (χ1n) is 8.31. The quantitative estimate of drug-likeness (QED) is 0.564. The molecule has 0 saturated carbocycles. The highest BCUT2D eigenvalue weighted by Gasteiger charge is 2.27. The Labute approximate surface area is 139 Å². The summed E-state index contributed by atoms with van der Waals surface area (Å²) in [5, 5.41) is 0. The number of rotatable bonds is 5. The van der Waals surface area contributed by atoms with Gasteiger partial charge in [0.05, 0.1) is 0 Å². The van der Waals surface area contributed by atoms with Crippen molar-refractivity contribution in [3.63, 3.8) is 0 Å². The van der Waals surface area contributed by atoms with E-state index in [9.17, 15) is 0 Å². The van der Waals surface area contributed by atoms with Crippen molar-refractivity contribution in [3.8, 4) is 0 Å². The standard InChI is InChI=1S/C23H24/c1-19-13-15-21(16-14-19)18-23(2,22-11-7-4-8-12-22)17-20-9-5-3-6-10-20/h3-16H,17-18H2,1-2H3. The van der Waals surface area contributed by atoms with E-state index < -0.39 is 0 Å². The van der Waals surface area contributed by atoms with Crippen LogP contribution in [0.1, 0.15) is 29.2 Å². The monoisotopic (exact) mass is 300 g/mol. The molecule has 0 aliphatic rings. The smallest absolute Gasteiger partial charge is 0.000538 e. The van der Waals surface area contributed by atoms with Crippen LogP contribution in [0.5, 0.6) is 0 Å². The second-order valence-electron chi connectivity index (χ2n) is 6.75. The zero-order valence-corrected chi connectivity index (χ0v) is 14.0. The molecule has 0 aromatic heterocycles. The lowest BCUT2D eigenvalue weighted by atomic mass is 9.73. The number of benzene rings is 3. The molecule has 0 bridgehead atoms. The van der Waals surface area contributed by atoms with Crippen molar-refractivity contribution in [1.82, 2.24) is 0 Å². The summed E-state index contributed by atoms with van der Waals surface area (Å²) in [4.78, 5) is 0. The summed E-state index contributed by atoms with van der Waals surface area (Å²) in [6, 6.07) is 30.7. The Hall–Kier alpha value is -2.34. The van der Waals surface area contributed by atoms with Crippen LogP contribution in [0.3, 0.4) is 0 Å². The van der Waals surface area contributed by atoms with E-state index in [2.05, 4.69) is 98.8 Å². The average molecular weight is 300 g/mol. The summed E-state index contributed by atoms with van der Waals surface area (Å²) >= 11 is 0. The Morgan fingerprint density at radius 3 is 1.65 bits per heavy atom. The molecular formula is C23H24. The van der Waals surface area contributed by atoms with Gasteiger partial charge in [-0.05, 0) is 36.5 Å². The van der Waals surface area contributed by atoms with Gasteiger partial charge in [0.25, 0.3) is 0 Å². The lowest BCUT2D eigenvalue weighted by molar-refractivity contribution is 0.465. The molecule has 0 spiro atoms. The lowest BCUT2D eigenvalue weighted by Gasteiger charge is -2.31. The summed E-state index contributed by atoms with van der Waals surface area (Å²) < 4.78 is 0. The van der Waals surface area contributed by atoms with Gasteiger partial charge in [-0.3, -0.25) is 0 Å². The predicted molar refractivity (Wildman–Crippen MR) is 98.8 cm³/mol. The Bertz CT molecular complexity index is 726. The first kappa shape index (κ1) is 15.6. The third kappa shape index (κ3) is 3.90. The average Bonchev–Trinajstić information content (AvgIpc) is 2.59. The van der Waals surface area contributed by atoms with E-state index in [0.717, 1.165) is 12.8 Å². The Balaban J connectivity index is 1.94. The SMILES string of the molecule is Cc1ccc(CC(C)(Cc2ccccc2)c2ccccc2)cc1. The van der Waals surface area contributed by atoms with Gasteiger partial charge in [-0.15, -0.1) is 0 Å². The van der Waals surface area contributed by atoms with Crippen LogP contribution in [0.4, 0.5) is 0 Å². The Kier molecular flexibility index (Phi) is 4.62. The van der Waals surface area contributed by atoms with Crippen LogP contribution in [0.15, 0.2) is 84.9 Å². The maximum atomic E-state index is 2.38. The van der Waals surface area contributed by atoms with Crippen LogP contribution >= 0.6 is 0 Å². The molecular weight excluding hydrogens is 276 g/mol. The Morgan fingerprint density at radius 1 is 0.609 bits per heavy atom. The fraction of sp³-hybridized carbons (Fsp3) is 0.217. The summed E-state index contributed by atoms with van der Waals surface area (Å²) in [5.74, 6) is 0. The second kappa shape index (κ2) is 6.83. The maximum Gasteiger partial charge on any atom is 0.000538 e. The van der Waals surface area contributed by atoms with Gasteiger partial charge in [-0.25, -0.2) is 0 Å². The summed E-state index contributed by atoms with van der Waals surface area (Å²) in [7, 11) is 0. The predicted octanol–water partition coefficient (Wildman–Crippen LogP) is 5.74. The minimum absolute atomic E-state index is 0.0951. The zero-order chi connectivity index (χ0) is 16.1. The fourth-order valence-electron chi connectivity index (χ4n) is 3.31. The Morgan fingerprint density at radius 2 is 1.09 bits per heavy atom. The van der Waals surface area contributed by atoms with Crippen molar-refractivity contribution >= 4 is 0 Å². The molecule has 3 aromatic rings. The normalized spacial score (nSPS) is 13.5. The van der Waals surface area contributed by atoms with Crippen LogP contribution < -0.4 is 0 Å². The molecule has 1 unspecified atom stereocenters. The highest BCUT2D eigenvalue weighted by atomic mass is 14.3. The van der Waals surface area contributed by atoms with Gasteiger partial charge < -0.3 is 0 Å². The van der Waals surface area contributed by atoms with Gasteiger partial charge in [0.2, 0.25) is 0 Å². The fourth-order valence-corrected chi connectivity index (χ4v) is 3.31. The summed E-state index contributed by atoms with van der Waals surface area (Å²) in [6.07, 6.45) is 2.10. The molecule has 23 heavy (non-hydrogen) atoms. The molecule has 3 aromatic carbocycles. The van der Waals surface area contributed by atoms with Gasteiger partial charge in [0.1, 0.15) is 0 Å².